The molecule has 8 heteroatoms. The summed E-state index contributed by atoms with van der Waals surface area (Å²) in [5, 5.41) is 0. The van der Waals surface area contributed by atoms with E-state index in [-0.39, 0.29) is 24.1 Å². The Bertz CT molecular complexity index is 874. The molecule has 2 unspecified atom stereocenters. The average Bonchev–Trinajstić information content (AvgIpc) is 2.59. The third-order valence-electron chi connectivity index (χ3n) is 4.56. The minimum atomic E-state index is -2.91. The first-order valence-corrected chi connectivity index (χ1v) is 8.43. The average molecular weight is 380 g/mol. The van der Waals surface area contributed by atoms with Gasteiger partial charge in [0.25, 0.3) is 5.91 Å². The molecule has 144 valence electrons. The van der Waals surface area contributed by atoms with Crippen molar-refractivity contribution in [2.45, 2.75) is 33.0 Å². The Kier molecular flexibility index (Phi) is 5.36. The van der Waals surface area contributed by atoms with Crippen molar-refractivity contribution in [3.63, 3.8) is 0 Å². The van der Waals surface area contributed by atoms with Gasteiger partial charge in [-0.1, -0.05) is 19.1 Å². The van der Waals surface area contributed by atoms with Gasteiger partial charge in [0.15, 0.2) is 0 Å². The highest BCUT2D eigenvalue weighted by molar-refractivity contribution is 5.93. The van der Waals surface area contributed by atoms with Gasteiger partial charge in [-0.3, -0.25) is 4.79 Å². The molecule has 1 aliphatic rings. The van der Waals surface area contributed by atoms with E-state index in [2.05, 4.69) is 9.72 Å². The third-order valence-corrected chi connectivity index (χ3v) is 4.56. The Morgan fingerprint density at radius 1 is 1.37 bits per heavy atom. The summed E-state index contributed by atoms with van der Waals surface area (Å²) in [4.78, 5) is 15.8. The number of nitrogens with two attached hydrogens (primary N) is 1. The Hall–Kier alpha value is -2.61. The molecule has 3 rings (SSSR count). The van der Waals surface area contributed by atoms with Crippen molar-refractivity contribution < 1.29 is 27.4 Å². The molecule has 1 aromatic carbocycles. The normalized spacial score (nSPS) is 18.9. The van der Waals surface area contributed by atoms with Crippen LogP contribution in [0.25, 0.3) is 11.1 Å². The standard InChI is InChI=1S/C19H19F3N2O3/c1-9-3-4-11(14(20)5-9)12-7-15(17(23)25)24-18-13(12)6-10(2)16(27-18)8-26-19(21)22/h3-5,7,10,16,19H,6,8H2,1-2H3,(H2,23,25). The second-order valence-electron chi connectivity index (χ2n) is 6.62. The number of aromatic nitrogens is 1. The van der Waals surface area contributed by atoms with Gasteiger partial charge in [0.2, 0.25) is 5.88 Å². The highest BCUT2D eigenvalue weighted by atomic mass is 19.3. The van der Waals surface area contributed by atoms with Crippen LogP contribution in [0.1, 0.15) is 28.5 Å². The lowest BCUT2D eigenvalue weighted by Gasteiger charge is -2.32. The smallest absolute Gasteiger partial charge is 0.345 e. The van der Waals surface area contributed by atoms with E-state index in [0.29, 0.717) is 23.1 Å². The molecule has 1 amide bonds. The van der Waals surface area contributed by atoms with E-state index in [1.807, 2.05) is 6.92 Å². The van der Waals surface area contributed by atoms with Crippen molar-refractivity contribution in [1.82, 2.24) is 4.98 Å². The van der Waals surface area contributed by atoms with Crippen molar-refractivity contribution in [3.8, 4) is 17.0 Å². The minimum absolute atomic E-state index is 0.0854. The van der Waals surface area contributed by atoms with Crippen LogP contribution < -0.4 is 10.5 Å². The molecule has 1 aliphatic heterocycles. The zero-order valence-corrected chi connectivity index (χ0v) is 14.8. The first-order chi connectivity index (χ1) is 12.8. The molecule has 1 aromatic heterocycles. The SMILES string of the molecule is Cc1ccc(-c2cc(C(N)=O)nc3c2CC(C)C(COC(F)F)O3)c(F)c1. The molecule has 0 bridgehead atoms. The number of nitrogens with zero attached hydrogens (tertiary/aromatic N) is 1. The predicted octanol–water partition coefficient (Wildman–Crippen LogP) is 3.47. The van der Waals surface area contributed by atoms with Gasteiger partial charge >= 0.3 is 6.61 Å². The molecular weight excluding hydrogens is 361 g/mol. The number of primary amides is 1. The van der Waals surface area contributed by atoms with E-state index in [9.17, 15) is 18.0 Å². The maximum Gasteiger partial charge on any atom is 0.345 e. The zero-order valence-electron chi connectivity index (χ0n) is 14.8. The summed E-state index contributed by atoms with van der Waals surface area (Å²) in [6, 6.07) is 6.18. The maximum absolute atomic E-state index is 14.5. The van der Waals surface area contributed by atoms with Crippen LogP contribution in [0, 0.1) is 18.7 Å². The molecule has 2 aromatic rings. The quantitative estimate of drug-likeness (QED) is 0.862. The van der Waals surface area contributed by atoms with E-state index in [0.717, 1.165) is 5.56 Å². The number of pyridine rings is 1. The van der Waals surface area contributed by atoms with Crippen LogP contribution in [0.3, 0.4) is 0 Å². The number of carbonyl (C=O) groups is 1. The Balaban J connectivity index is 2.07. The molecule has 0 radical (unpaired) electrons. The number of carbonyl (C=O) groups excluding carboxylic acids is 1. The van der Waals surface area contributed by atoms with Crippen LogP contribution in [-0.4, -0.2) is 30.2 Å². The topological polar surface area (TPSA) is 74.4 Å². The van der Waals surface area contributed by atoms with Crippen LogP contribution in [0.4, 0.5) is 13.2 Å². The largest absolute Gasteiger partial charge is 0.471 e. The number of benzene rings is 1. The van der Waals surface area contributed by atoms with Gasteiger partial charge in [0, 0.05) is 11.1 Å². The van der Waals surface area contributed by atoms with Gasteiger partial charge in [-0.25, -0.2) is 9.37 Å². The third kappa shape index (κ3) is 4.05. The second kappa shape index (κ2) is 7.56. The lowest BCUT2D eigenvalue weighted by Crippen LogP contribution is -2.36. The second-order valence-corrected chi connectivity index (χ2v) is 6.62. The Morgan fingerprint density at radius 3 is 2.74 bits per heavy atom. The van der Waals surface area contributed by atoms with Crippen LogP contribution in [-0.2, 0) is 11.2 Å². The number of amides is 1. The van der Waals surface area contributed by atoms with Crippen LogP contribution in [0.15, 0.2) is 24.3 Å². The molecule has 2 N–H and O–H groups in total. The fraction of sp³-hybridized carbons (Fsp3) is 0.368. The number of rotatable bonds is 5. The Labute approximate surface area is 154 Å². The van der Waals surface area contributed by atoms with Crippen molar-refractivity contribution in [2.75, 3.05) is 6.61 Å². The number of aryl methyl sites for hydroxylation is 1. The number of hydrogen-bond donors (Lipinski definition) is 1. The van der Waals surface area contributed by atoms with Gasteiger partial charge in [-0.2, -0.15) is 8.78 Å². The minimum Gasteiger partial charge on any atom is -0.471 e. The van der Waals surface area contributed by atoms with E-state index >= 15 is 0 Å². The highest BCUT2D eigenvalue weighted by Gasteiger charge is 2.32. The van der Waals surface area contributed by atoms with E-state index in [1.54, 1.807) is 19.1 Å². The number of halogens is 3. The number of alkyl halides is 2. The van der Waals surface area contributed by atoms with E-state index < -0.39 is 24.4 Å². The summed E-state index contributed by atoms with van der Waals surface area (Å²) >= 11 is 0. The molecule has 0 saturated heterocycles. The molecular formula is C19H19F3N2O3. The van der Waals surface area contributed by atoms with Crippen molar-refractivity contribution in [1.29, 1.82) is 0 Å². The maximum atomic E-state index is 14.5. The zero-order chi connectivity index (χ0) is 19.7. The van der Waals surface area contributed by atoms with Crippen LogP contribution in [0.2, 0.25) is 0 Å². The van der Waals surface area contributed by atoms with Gasteiger partial charge in [0.05, 0.1) is 6.61 Å². The van der Waals surface area contributed by atoms with Gasteiger partial charge in [0.1, 0.15) is 17.6 Å². The fourth-order valence-electron chi connectivity index (χ4n) is 3.13. The summed E-state index contributed by atoms with van der Waals surface area (Å²) < 4.78 is 49.3. The fourth-order valence-corrected chi connectivity index (χ4v) is 3.13. The Morgan fingerprint density at radius 2 is 2.11 bits per heavy atom. The highest BCUT2D eigenvalue weighted by Crippen LogP contribution is 2.38. The molecule has 0 fully saturated rings. The van der Waals surface area contributed by atoms with E-state index in [4.69, 9.17) is 10.5 Å². The predicted molar refractivity (Wildman–Crippen MR) is 92.1 cm³/mol. The van der Waals surface area contributed by atoms with Crippen molar-refractivity contribution in [2.24, 2.45) is 11.7 Å². The summed E-state index contributed by atoms with van der Waals surface area (Å²) in [5.41, 5.74) is 7.35. The first kappa shape index (κ1) is 19.2. The summed E-state index contributed by atoms with van der Waals surface area (Å²) in [7, 11) is 0. The summed E-state index contributed by atoms with van der Waals surface area (Å²) in [6.07, 6.45) is -0.265. The molecule has 27 heavy (non-hydrogen) atoms. The lowest BCUT2D eigenvalue weighted by atomic mass is 9.88. The number of fused-ring (bicyclic) bond motifs is 1. The molecule has 2 atom stereocenters. The summed E-state index contributed by atoms with van der Waals surface area (Å²) in [6.45, 7) is 0.348. The van der Waals surface area contributed by atoms with Crippen molar-refractivity contribution in [3.05, 3.63) is 46.9 Å². The molecule has 0 saturated carbocycles. The van der Waals surface area contributed by atoms with Gasteiger partial charge < -0.3 is 15.2 Å². The number of hydrogen-bond acceptors (Lipinski definition) is 4. The lowest BCUT2D eigenvalue weighted by molar-refractivity contribution is -0.150. The number of ether oxygens (including phenoxy) is 2. The van der Waals surface area contributed by atoms with Crippen LogP contribution in [0.5, 0.6) is 5.88 Å². The van der Waals surface area contributed by atoms with Gasteiger partial charge in [-0.15, -0.1) is 0 Å². The van der Waals surface area contributed by atoms with Crippen LogP contribution >= 0.6 is 0 Å². The molecule has 0 spiro atoms. The monoisotopic (exact) mass is 380 g/mol. The molecule has 0 aliphatic carbocycles. The van der Waals surface area contributed by atoms with E-state index in [1.165, 1.54) is 12.1 Å². The van der Waals surface area contributed by atoms with Crippen molar-refractivity contribution >= 4 is 5.91 Å². The summed E-state index contributed by atoms with van der Waals surface area (Å²) in [5.74, 6) is -1.34. The first-order valence-electron chi connectivity index (χ1n) is 8.43. The molecule has 5 nitrogen and oxygen atoms in total. The van der Waals surface area contributed by atoms with Gasteiger partial charge in [-0.05, 0) is 42.5 Å². The molecule has 2 heterocycles.